The van der Waals surface area contributed by atoms with Crippen LogP contribution in [-0.2, 0) is 0 Å². The zero-order valence-corrected chi connectivity index (χ0v) is 32.2. The maximum atomic E-state index is 2.33. The summed E-state index contributed by atoms with van der Waals surface area (Å²) >= 11 is 0. The minimum atomic E-state index is -0.627. The first-order valence-electron chi connectivity index (χ1n) is 19.7. The fourth-order valence-corrected chi connectivity index (χ4v) is 11.3. The highest BCUT2D eigenvalue weighted by Gasteiger charge is 2.30. The van der Waals surface area contributed by atoms with E-state index in [-0.39, 0.29) is 0 Å². The van der Waals surface area contributed by atoms with E-state index in [1.54, 1.807) is 0 Å². The van der Waals surface area contributed by atoms with Gasteiger partial charge in [0.25, 0.3) is 0 Å². The van der Waals surface area contributed by atoms with Gasteiger partial charge in [-0.2, -0.15) is 0 Å². The zero-order valence-electron chi connectivity index (χ0n) is 31.3. The van der Waals surface area contributed by atoms with Gasteiger partial charge in [0.05, 0.1) is 0 Å². The van der Waals surface area contributed by atoms with Gasteiger partial charge in [-0.15, -0.1) is 0 Å². The van der Waals surface area contributed by atoms with Gasteiger partial charge in [-0.3, -0.25) is 0 Å². The molecule has 10 aromatic rings. The summed E-state index contributed by atoms with van der Waals surface area (Å²) in [6.07, 6.45) is 0. The van der Waals surface area contributed by atoms with Crippen LogP contribution < -0.4 is 15.9 Å². The zero-order chi connectivity index (χ0) is 37.7. The van der Waals surface area contributed by atoms with Gasteiger partial charge >= 0.3 is 0 Å². The highest BCUT2D eigenvalue weighted by Crippen LogP contribution is 2.57. The lowest BCUT2D eigenvalue weighted by Crippen LogP contribution is -2.20. The summed E-state index contributed by atoms with van der Waals surface area (Å²) < 4.78 is 0. The lowest BCUT2D eigenvalue weighted by molar-refractivity contribution is 1.58. The molecule has 0 unspecified atom stereocenters. The Balaban J connectivity index is 0.957. The van der Waals surface area contributed by atoms with Gasteiger partial charge in [0.2, 0.25) is 0 Å². The van der Waals surface area contributed by atoms with Crippen molar-refractivity contribution in [1.82, 2.24) is 0 Å². The van der Waals surface area contributed by atoms with Crippen molar-refractivity contribution in [2.45, 2.75) is 0 Å². The van der Waals surface area contributed by atoms with E-state index >= 15 is 0 Å². The third-order valence-corrected chi connectivity index (χ3v) is 14.0. The van der Waals surface area contributed by atoms with Gasteiger partial charge in [0.15, 0.2) is 0 Å². The van der Waals surface area contributed by atoms with E-state index in [0.29, 0.717) is 0 Å². The molecule has 0 aromatic heterocycles. The van der Waals surface area contributed by atoms with E-state index in [0.717, 1.165) is 0 Å². The van der Waals surface area contributed by atoms with E-state index in [1.807, 2.05) is 0 Å². The Kier molecular flexibility index (Phi) is 8.24. The van der Waals surface area contributed by atoms with Crippen molar-refractivity contribution in [3.05, 3.63) is 224 Å². The van der Waals surface area contributed by atoms with Gasteiger partial charge < -0.3 is 0 Å². The highest BCUT2D eigenvalue weighted by atomic mass is 31.1. The van der Waals surface area contributed by atoms with Crippen molar-refractivity contribution in [3.63, 3.8) is 0 Å². The molecule has 1 aliphatic rings. The molecular weight excluding hydrogens is 704 g/mol. The summed E-state index contributed by atoms with van der Waals surface area (Å²) in [5.74, 6) is 0. The molecule has 0 saturated heterocycles. The molecule has 0 fully saturated rings. The first kappa shape index (κ1) is 33.5. The third-order valence-electron chi connectivity index (χ3n) is 11.6. The van der Waals surface area contributed by atoms with Crippen molar-refractivity contribution in [2.24, 2.45) is 0 Å². The normalized spacial score (nSPS) is 11.7. The monoisotopic (exact) mass is 740 g/mol. The van der Waals surface area contributed by atoms with Crippen molar-refractivity contribution in [1.29, 1.82) is 0 Å². The quantitative estimate of drug-likeness (QED) is 0.143. The molecule has 0 bridgehead atoms. The molecule has 0 nitrogen and oxygen atoms in total. The molecular formula is C56H37P. The lowest BCUT2D eigenvalue weighted by Gasteiger charge is -2.20. The second-order valence-corrected chi connectivity index (χ2v) is 17.0. The average Bonchev–Trinajstić information content (AvgIpc) is 3.62. The van der Waals surface area contributed by atoms with Crippen LogP contribution in [0.3, 0.4) is 0 Å². The van der Waals surface area contributed by atoms with Crippen molar-refractivity contribution >= 4 is 45.4 Å². The number of hydrogen-bond acceptors (Lipinski definition) is 0. The third kappa shape index (κ3) is 5.73. The standard InChI is InChI=1S/C56H37P/c1-4-14-43(15-5-1)53-48-22-10-11-23-49(48)54(56-51-25-13-17-42-16-12-24-50(52(42)51)55(53)56)44-32-30-40(31-33-44)38-26-28-39(29-27-38)41-34-36-47(37-35-41)57(45-18-6-2-7-19-45)46-20-8-3-9-21-46/h1-37H. The van der Waals surface area contributed by atoms with Crippen LogP contribution >= 0.6 is 7.92 Å². The van der Waals surface area contributed by atoms with Gasteiger partial charge in [-0.25, -0.2) is 0 Å². The second kappa shape index (κ2) is 14.0. The molecule has 0 heterocycles. The molecule has 0 atom stereocenters. The molecule has 0 saturated carbocycles. The molecule has 11 rings (SSSR count). The summed E-state index contributed by atoms with van der Waals surface area (Å²) in [5.41, 5.74) is 15.3. The predicted octanol–water partition coefficient (Wildman–Crippen LogP) is 14.1. The average molecular weight is 741 g/mol. The smallest absolute Gasteiger partial charge is 0.000742 e. The lowest BCUT2D eigenvalue weighted by atomic mass is 9.82. The largest absolute Gasteiger partial charge is 0.0622 e. The van der Waals surface area contributed by atoms with Crippen LogP contribution in [0.4, 0.5) is 0 Å². The molecule has 266 valence electrons. The Hall–Kier alpha value is -6.85. The number of fused-ring (bicyclic) bond motifs is 4. The van der Waals surface area contributed by atoms with E-state index in [9.17, 15) is 0 Å². The van der Waals surface area contributed by atoms with E-state index in [2.05, 4.69) is 224 Å². The number of benzene rings is 10. The molecule has 1 aliphatic carbocycles. The number of hydrogen-bond donors (Lipinski definition) is 0. The Labute approximate surface area is 335 Å². The summed E-state index contributed by atoms with van der Waals surface area (Å²) in [6, 6.07) is 82.8. The Morgan fingerprint density at radius 1 is 0.228 bits per heavy atom. The molecule has 10 aromatic carbocycles. The van der Waals surface area contributed by atoms with Gasteiger partial charge in [0.1, 0.15) is 0 Å². The summed E-state index contributed by atoms with van der Waals surface area (Å²) in [5, 5.41) is 9.29. The summed E-state index contributed by atoms with van der Waals surface area (Å²) in [7, 11) is -0.627. The molecule has 0 amide bonds. The maximum Gasteiger partial charge on any atom is -0.000742 e. The molecule has 0 radical (unpaired) electrons. The summed E-state index contributed by atoms with van der Waals surface area (Å²) in [4.78, 5) is 0. The van der Waals surface area contributed by atoms with Crippen LogP contribution in [-0.4, -0.2) is 0 Å². The topological polar surface area (TPSA) is 0 Å². The minimum absolute atomic E-state index is 0.627. The van der Waals surface area contributed by atoms with Crippen LogP contribution in [0.15, 0.2) is 224 Å². The minimum Gasteiger partial charge on any atom is -0.0622 e. The SMILES string of the molecule is c1ccc(-c2c3c(c(-c4ccc(-c5ccc(-c6ccc(P(c7ccccc7)c7ccccc7)cc6)cc5)cc4)c4ccccc24)-c2cccc4cccc-3c24)cc1. The fraction of sp³-hybridized carbons (Fsp3) is 0. The van der Waals surface area contributed by atoms with Crippen LogP contribution in [0.1, 0.15) is 0 Å². The molecule has 57 heavy (non-hydrogen) atoms. The number of rotatable bonds is 7. The second-order valence-electron chi connectivity index (χ2n) is 14.8. The molecule has 0 N–H and O–H groups in total. The predicted molar refractivity (Wildman–Crippen MR) is 246 cm³/mol. The van der Waals surface area contributed by atoms with Crippen LogP contribution in [0.5, 0.6) is 0 Å². The summed E-state index contributed by atoms with van der Waals surface area (Å²) in [6.45, 7) is 0. The van der Waals surface area contributed by atoms with Crippen molar-refractivity contribution in [3.8, 4) is 66.8 Å². The Morgan fingerprint density at radius 2 is 0.579 bits per heavy atom. The Morgan fingerprint density at radius 3 is 1.04 bits per heavy atom. The van der Waals surface area contributed by atoms with Crippen LogP contribution in [0.25, 0.3) is 88.3 Å². The van der Waals surface area contributed by atoms with Crippen LogP contribution in [0.2, 0.25) is 0 Å². The van der Waals surface area contributed by atoms with Gasteiger partial charge in [0, 0.05) is 0 Å². The molecule has 0 spiro atoms. The van der Waals surface area contributed by atoms with E-state index in [1.165, 1.54) is 104 Å². The molecule has 1 heteroatoms. The van der Waals surface area contributed by atoms with E-state index in [4.69, 9.17) is 0 Å². The first-order valence-corrected chi connectivity index (χ1v) is 21.0. The highest BCUT2D eigenvalue weighted by molar-refractivity contribution is 7.79. The Bertz CT molecular complexity index is 3010. The molecule has 0 aliphatic heterocycles. The van der Waals surface area contributed by atoms with E-state index < -0.39 is 7.92 Å². The van der Waals surface area contributed by atoms with Crippen LogP contribution in [0, 0.1) is 0 Å². The van der Waals surface area contributed by atoms with Gasteiger partial charge in [-0.1, -0.05) is 224 Å². The van der Waals surface area contributed by atoms with Gasteiger partial charge in [-0.05, 0) is 112 Å². The van der Waals surface area contributed by atoms with Crippen molar-refractivity contribution in [2.75, 3.05) is 0 Å². The van der Waals surface area contributed by atoms with Crippen molar-refractivity contribution < 1.29 is 0 Å². The first-order chi connectivity index (χ1) is 28.3. The fourth-order valence-electron chi connectivity index (χ4n) is 9.03. The maximum absolute atomic E-state index is 2.33.